The molecule has 1 saturated heterocycles. The van der Waals surface area contributed by atoms with E-state index in [1.165, 1.54) is 37.2 Å². The van der Waals surface area contributed by atoms with E-state index in [0.29, 0.717) is 17.5 Å². The minimum absolute atomic E-state index is 0.240. The Morgan fingerprint density at radius 3 is 2.75 bits per heavy atom. The van der Waals surface area contributed by atoms with Gasteiger partial charge in [0.2, 0.25) is 0 Å². The highest BCUT2D eigenvalue weighted by Gasteiger charge is 2.51. The lowest BCUT2D eigenvalue weighted by atomic mass is 9.61. The van der Waals surface area contributed by atoms with Crippen molar-refractivity contribution in [2.45, 2.75) is 38.3 Å². The van der Waals surface area contributed by atoms with Crippen LogP contribution < -0.4 is 5.32 Å². The predicted molar refractivity (Wildman–Crippen MR) is 108 cm³/mol. The molecule has 6 heteroatoms. The van der Waals surface area contributed by atoms with Gasteiger partial charge in [0.1, 0.15) is 5.75 Å². The molecule has 144 valence electrons. The van der Waals surface area contributed by atoms with Gasteiger partial charge < -0.3 is 15.4 Å². The Hall–Kier alpha value is -2.44. The third-order valence-corrected chi connectivity index (χ3v) is 7.20. The highest BCUT2D eigenvalue weighted by molar-refractivity contribution is 5.86. The van der Waals surface area contributed by atoms with Crippen LogP contribution in [0.3, 0.4) is 0 Å². The van der Waals surface area contributed by atoms with Crippen LogP contribution in [0.4, 0.5) is 0 Å². The summed E-state index contributed by atoms with van der Waals surface area (Å²) in [4.78, 5) is 6.19. The van der Waals surface area contributed by atoms with Gasteiger partial charge in [-0.2, -0.15) is 0 Å². The van der Waals surface area contributed by atoms with Crippen LogP contribution in [0, 0.1) is 5.41 Å². The van der Waals surface area contributed by atoms with Crippen LogP contribution in [0.2, 0.25) is 0 Å². The number of nitrogens with one attached hydrogen (secondary N) is 2. The molecule has 3 aliphatic rings. The summed E-state index contributed by atoms with van der Waals surface area (Å²) in [7, 11) is 0. The fraction of sp³-hybridized carbons (Fsp3) is 0.455. The number of phenolic OH excluding ortho intramolecular Hbond substituents is 1. The van der Waals surface area contributed by atoms with Crippen molar-refractivity contribution in [1.82, 2.24) is 25.4 Å². The topological polar surface area (TPSA) is 77.1 Å². The van der Waals surface area contributed by atoms with Crippen molar-refractivity contribution in [3.63, 3.8) is 0 Å². The van der Waals surface area contributed by atoms with Gasteiger partial charge in [-0.3, -0.25) is 4.90 Å². The zero-order valence-electron chi connectivity index (χ0n) is 16.1. The maximum Gasteiger partial charge on any atom is 0.160 e. The molecule has 0 bridgehead atoms. The SMILES string of the molecule is C[C@@H]1c2c([nH]c3nnc(-c4ccccc4O)cc23)CCN1C1CC2(CNC2)C1. The Kier molecular flexibility index (Phi) is 3.41. The van der Waals surface area contributed by atoms with Crippen LogP contribution in [0.15, 0.2) is 30.3 Å². The first kappa shape index (κ1) is 16.5. The molecule has 28 heavy (non-hydrogen) atoms. The van der Waals surface area contributed by atoms with Crippen molar-refractivity contribution in [2.24, 2.45) is 5.41 Å². The first-order chi connectivity index (χ1) is 13.6. The molecule has 0 amide bonds. The highest BCUT2D eigenvalue weighted by Crippen LogP contribution is 2.49. The van der Waals surface area contributed by atoms with Gasteiger partial charge in [-0.25, -0.2) is 0 Å². The second kappa shape index (κ2) is 5.78. The standard InChI is InChI=1S/C22H25N5O/c1-13-20-16-8-18(15-4-2-3-5-19(15)28)25-26-21(16)24-17(20)6-7-27(13)14-9-22(10-14)11-23-12-22/h2-5,8,13-14,23,28H,6-7,9-12H2,1H3,(H,24,26)/t13-/m1/s1. The third-order valence-electron chi connectivity index (χ3n) is 7.20. The summed E-state index contributed by atoms with van der Waals surface area (Å²) >= 11 is 0. The summed E-state index contributed by atoms with van der Waals surface area (Å²) in [6.07, 6.45) is 3.68. The Labute approximate surface area is 164 Å². The Morgan fingerprint density at radius 2 is 2.00 bits per heavy atom. The normalized spacial score (nSPS) is 24.1. The monoisotopic (exact) mass is 375 g/mol. The Balaban J connectivity index is 1.37. The average Bonchev–Trinajstić information content (AvgIpc) is 3.00. The predicted octanol–water partition coefficient (Wildman–Crippen LogP) is 3.00. The van der Waals surface area contributed by atoms with Crippen LogP contribution in [0.1, 0.15) is 37.1 Å². The number of H-pyrrole nitrogens is 1. The highest BCUT2D eigenvalue weighted by atomic mass is 16.3. The molecular formula is C22H25N5O. The largest absolute Gasteiger partial charge is 0.507 e. The summed E-state index contributed by atoms with van der Waals surface area (Å²) in [6.45, 7) is 5.83. The number of rotatable bonds is 2. The van der Waals surface area contributed by atoms with Gasteiger partial charge in [0, 0.05) is 54.8 Å². The number of hydrogen-bond acceptors (Lipinski definition) is 5. The molecule has 1 aliphatic carbocycles. The molecule has 0 unspecified atom stereocenters. The van der Waals surface area contributed by atoms with Crippen molar-refractivity contribution in [1.29, 1.82) is 0 Å². The van der Waals surface area contributed by atoms with E-state index in [9.17, 15) is 5.11 Å². The Bertz CT molecular complexity index is 1060. The molecule has 1 saturated carbocycles. The van der Waals surface area contributed by atoms with Gasteiger partial charge >= 0.3 is 0 Å². The van der Waals surface area contributed by atoms with E-state index in [4.69, 9.17) is 0 Å². The molecule has 6 rings (SSSR count). The van der Waals surface area contributed by atoms with Gasteiger partial charge in [-0.1, -0.05) is 12.1 Å². The molecule has 4 heterocycles. The summed E-state index contributed by atoms with van der Waals surface area (Å²) in [5.41, 5.74) is 5.55. The molecule has 3 aromatic rings. The number of aromatic amines is 1. The number of aromatic hydroxyl groups is 1. The molecule has 2 aliphatic heterocycles. The van der Waals surface area contributed by atoms with Crippen LogP contribution in [0.25, 0.3) is 22.3 Å². The molecule has 1 atom stereocenters. The van der Waals surface area contributed by atoms with E-state index in [-0.39, 0.29) is 5.75 Å². The molecule has 1 aromatic carbocycles. The van der Waals surface area contributed by atoms with E-state index in [1.807, 2.05) is 18.2 Å². The number of para-hydroxylation sites is 1. The molecule has 3 N–H and O–H groups in total. The van der Waals surface area contributed by atoms with Crippen LogP contribution in [0.5, 0.6) is 5.75 Å². The maximum atomic E-state index is 10.2. The van der Waals surface area contributed by atoms with E-state index in [0.717, 1.165) is 35.3 Å². The zero-order chi connectivity index (χ0) is 18.9. The third kappa shape index (κ3) is 2.28. The maximum absolute atomic E-state index is 10.2. The smallest absolute Gasteiger partial charge is 0.160 e. The van der Waals surface area contributed by atoms with Crippen molar-refractivity contribution < 1.29 is 5.11 Å². The van der Waals surface area contributed by atoms with Gasteiger partial charge in [-0.05, 0) is 48.9 Å². The number of aromatic nitrogens is 3. The minimum atomic E-state index is 0.240. The molecule has 2 aromatic heterocycles. The first-order valence-corrected chi connectivity index (χ1v) is 10.3. The molecular weight excluding hydrogens is 350 g/mol. The van der Waals surface area contributed by atoms with Crippen molar-refractivity contribution >= 4 is 11.0 Å². The lowest BCUT2D eigenvalue weighted by Crippen LogP contribution is -2.65. The number of fused-ring (bicyclic) bond motifs is 3. The minimum Gasteiger partial charge on any atom is -0.507 e. The fourth-order valence-electron chi connectivity index (χ4n) is 5.60. The van der Waals surface area contributed by atoms with Crippen molar-refractivity contribution in [2.75, 3.05) is 19.6 Å². The lowest BCUT2D eigenvalue weighted by molar-refractivity contribution is -0.0521. The summed E-state index contributed by atoms with van der Waals surface area (Å²) in [5, 5.41) is 23.6. The summed E-state index contributed by atoms with van der Waals surface area (Å²) < 4.78 is 0. The lowest BCUT2D eigenvalue weighted by Gasteiger charge is -2.58. The van der Waals surface area contributed by atoms with Crippen molar-refractivity contribution in [3.8, 4) is 17.0 Å². The van der Waals surface area contributed by atoms with E-state index >= 15 is 0 Å². The van der Waals surface area contributed by atoms with Gasteiger partial charge in [0.05, 0.1) is 5.69 Å². The fourth-order valence-corrected chi connectivity index (χ4v) is 5.60. The van der Waals surface area contributed by atoms with Crippen LogP contribution in [-0.4, -0.2) is 50.9 Å². The van der Waals surface area contributed by atoms with E-state index < -0.39 is 0 Å². The molecule has 0 radical (unpaired) electrons. The number of hydrogen-bond donors (Lipinski definition) is 3. The second-order valence-electron chi connectivity index (χ2n) is 8.86. The van der Waals surface area contributed by atoms with Crippen LogP contribution >= 0.6 is 0 Å². The summed E-state index contributed by atoms with van der Waals surface area (Å²) in [6, 6.07) is 10.5. The van der Waals surface area contributed by atoms with Crippen molar-refractivity contribution in [3.05, 3.63) is 41.6 Å². The van der Waals surface area contributed by atoms with Gasteiger partial charge in [-0.15, -0.1) is 10.2 Å². The Morgan fingerprint density at radius 1 is 1.18 bits per heavy atom. The molecule has 2 fully saturated rings. The van der Waals surface area contributed by atoms with Gasteiger partial charge in [0.25, 0.3) is 0 Å². The average molecular weight is 375 g/mol. The molecule has 1 spiro atoms. The number of benzene rings is 1. The molecule has 6 nitrogen and oxygen atoms in total. The quantitative estimate of drug-likeness (QED) is 0.642. The number of phenols is 1. The van der Waals surface area contributed by atoms with Crippen LogP contribution in [-0.2, 0) is 6.42 Å². The first-order valence-electron chi connectivity index (χ1n) is 10.3. The zero-order valence-corrected chi connectivity index (χ0v) is 16.1. The van der Waals surface area contributed by atoms with Gasteiger partial charge in [0.15, 0.2) is 5.65 Å². The van der Waals surface area contributed by atoms with E-state index in [1.54, 1.807) is 6.07 Å². The van der Waals surface area contributed by atoms with E-state index in [2.05, 4.69) is 38.4 Å². The number of nitrogens with zero attached hydrogens (tertiary/aromatic N) is 3. The second-order valence-corrected chi connectivity index (χ2v) is 8.86. The summed E-state index contributed by atoms with van der Waals surface area (Å²) in [5.74, 6) is 0.240.